The number of benzene rings is 1. The second-order valence-corrected chi connectivity index (χ2v) is 4.50. The van der Waals surface area contributed by atoms with Gasteiger partial charge in [-0.25, -0.2) is 0 Å². The molecule has 0 atom stereocenters. The van der Waals surface area contributed by atoms with Crippen molar-refractivity contribution in [1.82, 2.24) is 10.6 Å². The average Bonchev–Trinajstić information content (AvgIpc) is 2.32. The lowest BCUT2D eigenvalue weighted by Crippen LogP contribution is -2.40. The number of carbonyl (C=O) groups excluding carboxylic acids is 2. The van der Waals surface area contributed by atoms with Gasteiger partial charge in [0.05, 0.1) is 6.54 Å². The predicted octanol–water partition coefficient (Wildman–Crippen LogP) is 1.86. The van der Waals surface area contributed by atoms with E-state index >= 15 is 0 Å². The van der Waals surface area contributed by atoms with E-state index in [0.29, 0.717) is 10.0 Å². The highest BCUT2D eigenvalue weighted by molar-refractivity contribution is 9.10. The van der Waals surface area contributed by atoms with Crippen LogP contribution < -0.4 is 10.6 Å². The molecular weight excluding hydrogens is 329 g/mol. The van der Waals surface area contributed by atoms with Crippen LogP contribution in [0.15, 0.2) is 28.7 Å². The molecule has 104 valence electrons. The topological polar surface area (TPSA) is 58.2 Å². The molecule has 0 bridgehead atoms. The van der Waals surface area contributed by atoms with Gasteiger partial charge in [-0.1, -0.05) is 22.0 Å². The number of rotatable bonds is 4. The number of hydrogen-bond donors (Lipinski definition) is 2. The van der Waals surface area contributed by atoms with Gasteiger partial charge in [0.25, 0.3) is 5.91 Å². The van der Waals surface area contributed by atoms with Crippen molar-refractivity contribution < 1.29 is 22.8 Å². The maximum absolute atomic E-state index is 11.8. The first-order valence-electron chi connectivity index (χ1n) is 5.15. The van der Waals surface area contributed by atoms with Crippen LogP contribution in [-0.4, -0.2) is 31.1 Å². The van der Waals surface area contributed by atoms with E-state index in [0.717, 1.165) is 0 Å². The lowest BCUT2D eigenvalue weighted by Gasteiger charge is -2.09. The molecule has 0 aromatic heterocycles. The van der Waals surface area contributed by atoms with Gasteiger partial charge in [0.15, 0.2) is 0 Å². The van der Waals surface area contributed by atoms with Crippen LogP contribution in [0, 0.1) is 0 Å². The highest BCUT2D eigenvalue weighted by Crippen LogP contribution is 2.12. The van der Waals surface area contributed by atoms with E-state index in [9.17, 15) is 22.8 Å². The third-order valence-corrected chi connectivity index (χ3v) is 2.48. The fourth-order valence-corrected chi connectivity index (χ4v) is 1.55. The molecule has 0 saturated heterocycles. The fraction of sp³-hybridized carbons (Fsp3) is 0.273. The van der Waals surface area contributed by atoms with Crippen molar-refractivity contribution >= 4 is 27.7 Å². The molecule has 19 heavy (non-hydrogen) atoms. The molecule has 0 fully saturated rings. The molecule has 0 saturated carbocycles. The first-order valence-corrected chi connectivity index (χ1v) is 5.94. The molecule has 1 rings (SSSR count). The summed E-state index contributed by atoms with van der Waals surface area (Å²) < 4.78 is 36.1. The SMILES string of the molecule is O=C(CNC(=O)c1cccc(Br)c1)NCC(F)(F)F. The Hall–Kier alpha value is -1.57. The smallest absolute Gasteiger partial charge is 0.345 e. The van der Waals surface area contributed by atoms with E-state index in [4.69, 9.17) is 0 Å². The van der Waals surface area contributed by atoms with Gasteiger partial charge in [-0.2, -0.15) is 13.2 Å². The monoisotopic (exact) mass is 338 g/mol. The lowest BCUT2D eigenvalue weighted by molar-refractivity contribution is -0.137. The lowest BCUT2D eigenvalue weighted by atomic mass is 10.2. The number of alkyl halides is 3. The summed E-state index contributed by atoms with van der Waals surface area (Å²) in [5.41, 5.74) is 0.304. The van der Waals surface area contributed by atoms with Gasteiger partial charge in [0, 0.05) is 10.0 Å². The van der Waals surface area contributed by atoms with Gasteiger partial charge >= 0.3 is 6.18 Å². The van der Waals surface area contributed by atoms with Crippen LogP contribution in [0.25, 0.3) is 0 Å². The van der Waals surface area contributed by atoms with Crippen LogP contribution in [0.4, 0.5) is 13.2 Å². The van der Waals surface area contributed by atoms with Gasteiger partial charge in [-0.15, -0.1) is 0 Å². The van der Waals surface area contributed by atoms with Crippen LogP contribution in [0.3, 0.4) is 0 Å². The zero-order valence-corrected chi connectivity index (χ0v) is 11.1. The van der Waals surface area contributed by atoms with Gasteiger partial charge in [0.2, 0.25) is 5.91 Å². The minimum absolute atomic E-state index is 0.304. The van der Waals surface area contributed by atoms with Crippen LogP contribution in [-0.2, 0) is 4.79 Å². The van der Waals surface area contributed by atoms with Crippen molar-refractivity contribution in [3.8, 4) is 0 Å². The van der Waals surface area contributed by atoms with Crippen molar-refractivity contribution in [2.45, 2.75) is 6.18 Å². The first kappa shape index (κ1) is 15.5. The standard InChI is InChI=1S/C11H10BrF3N2O2/c12-8-3-1-2-7(4-8)10(19)16-5-9(18)17-6-11(13,14)15/h1-4H,5-6H2,(H,16,19)(H,17,18). The van der Waals surface area contributed by atoms with E-state index < -0.39 is 31.1 Å². The number of nitrogens with one attached hydrogen (secondary N) is 2. The van der Waals surface area contributed by atoms with Gasteiger partial charge in [-0.3, -0.25) is 9.59 Å². The Morgan fingerprint density at radius 3 is 2.47 bits per heavy atom. The summed E-state index contributed by atoms with van der Waals surface area (Å²) in [6.07, 6.45) is -4.47. The molecule has 2 N–H and O–H groups in total. The molecular formula is C11H10BrF3N2O2. The Bertz CT molecular complexity index is 477. The number of amides is 2. The minimum atomic E-state index is -4.47. The maximum Gasteiger partial charge on any atom is 0.405 e. The second-order valence-electron chi connectivity index (χ2n) is 3.58. The number of carbonyl (C=O) groups is 2. The normalized spacial score (nSPS) is 10.9. The van der Waals surface area contributed by atoms with Crippen molar-refractivity contribution in [3.63, 3.8) is 0 Å². The quantitative estimate of drug-likeness (QED) is 0.880. The van der Waals surface area contributed by atoms with Crippen LogP contribution in [0.2, 0.25) is 0 Å². The summed E-state index contributed by atoms with van der Waals surface area (Å²) in [4.78, 5) is 22.6. The second kappa shape index (κ2) is 6.55. The molecule has 4 nitrogen and oxygen atoms in total. The third kappa shape index (κ3) is 6.23. The largest absolute Gasteiger partial charge is 0.405 e. The molecule has 8 heteroatoms. The minimum Gasteiger partial charge on any atom is -0.345 e. The Morgan fingerprint density at radius 1 is 1.21 bits per heavy atom. The van der Waals surface area contributed by atoms with E-state index in [2.05, 4.69) is 21.2 Å². The van der Waals surface area contributed by atoms with Gasteiger partial charge in [0.1, 0.15) is 6.54 Å². The van der Waals surface area contributed by atoms with Gasteiger partial charge < -0.3 is 10.6 Å². The molecule has 2 amide bonds. The Kier molecular flexibility index (Phi) is 5.34. The average molecular weight is 339 g/mol. The summed E-state index contributed by atoms with van der Waals surface area (Å²) in [6, 6.07) is 6.40. The molecule has 0 aliphatic rings. The Balaban J connectivity index is 2.40. The number of hydrogen-bond acceptors (Lipinski definition) is 2. The van der Waals surface area contributed by atoms with Crippen molar-refractivity contribution in [2.75, 3.05) is 13.1 Å². The predicted molar refractivity (Wildman–Crippen MR) is 65.5 cm³/mol. The molecule has 0 aliphatic heterocycles. The molecule has 0 aliphatic carbocycles. The highest BCUT2D eigenvalue weighted by atomic mass is 79.9. The van der Waals surface area contributed by atoms with E-state index in [-0.39, 0.29) is 0 Å². The third-order valence-electron chi connectivity index (χ3n) is 1.98. The summed E-state index contributed by atoms with van der Waals surface area (Å²) in [5, 5.41) is 3.88. The van der Waals surface area contributed by atoms with Crippen LogP contribution in [0.1, 0.15) is 10.4 Å². The van der Waals surface area contributed by atoms with Crippen LogP contribution in [0.5, 0.6) is 0 Å². The van der Waals surface area contributed by atoms with E-state index in [1.54, 1.807) is 17.4 Å². The zero-order valence-electron chi connectivity index (χ0n) is 9.55. The van der Waals surface area contributed by atoms with Crippen molar-refractivity contribution in [2.24, 2.45) is 0 Å². The maximum atomic E-state index is 11.8. The molecule has 0 heterocycles. The summed E-state index contributed by atoms with van der Waals surface area (Å²) in [6.45, 7) is -1.93. The molecule has 1 aromatic carbocycles. The van der Waals surface area contributed by atoms with Crippen molar-refractivity contribution in [1.29, 1.82) is 0 Å². The molecule has 0 radical (unpaired) electrons. The highest BCUT2D eigenvalue weighted by Gasteiger charge is 2.27. The molecule has 1 aromatic rings. The summed E-state index contributed by atoms with van der Waals surface area (Å²) in [7, 11) is 0. The van der Waals surface area contributed by atoms with Crippen molar-refractivity contribution in [3.05, 3.63) is 34.3 Å². The first-order chi connectivity index (χ1) is 8.78. The Labute approximate surface area is 115 Å². The Morgan fingerprint density at radius 2 is 1.89 bits per heavy atom. The summed E-state index contributed by atoms with van der Waals surface area (Å²) >= 11 is 3.17. The molecule has 0 spiro atoms. The van der Waals surface area contributed by atoms with Crippen LogP contribution >= 0.6 is 15.9 Å². The summed E-state index contributed by atoms with van der Waals surface area (Å²) in [5.74, 6) is -1.44. The van der Waals surface area contributed by atoms with E-state index in [1.807, 2.05) is 0 Å². The molecule has 0 unspecified atom stereocenters. The fourth-order valence-electron chi connectivity index (χ4n) is 1.15. The zero-order chi connectivity index (χ0) is 14.5. The number of halogens is 4. The van der Waals surface area contributed by atoms with E-state index in [1.165, 1.54) is 12.1 Å². The van der Waals surface area contributed by atoms with Gasteiger partial charge in [-0.05, 0) is 18.2 Å².